The Balaban J connectivity index is 1.65. The minimum Gasteiger partial charge on any atom is -0.311 e. The molecule has 0 atom stereocenters. The molecule has 0 unspecified atom stereocenters. The van der Waals surface area contributed by atoms with Crippen LogP contribution >= 0.6 is 11.6 Å². The van der Waals surface area contributed by atoms with Gasteiger partial charge < -0.3 is 4.90 Å². The lowest BCUT2D eigenvalue weighted by molar-refractivity contribution is -0.114. The molecular weight excluding hydrogens is 432 g/mol. The molecule has 158 valence electrons. The van der Waals surface area contributed by atoms with E-state index in [1.807, 2.05) is 0 Å². The highest BCUT2D eigenvalue weighted by molar-refractivity contribution is 6.36. The van der Waals surface area contributed by atoms with Crippen LogP contribution in [0.15, 0.2) is 66.2 Å². The van der Waals surface area contributed by atoms with Gasteiger partial charge in [-0.1, -0.05) is 41.6 Å². The molecule has 1 amide bonds. The highest BCUT2D eigenvalue weighted by Crippen LogP contribution is 2.31. The van der Waals surface area contributed by atoms with Gasteiger partial charge in [0.1, 0.15) is 11.6 Å². The van der Waals surface area contributed by atoms with Crippen LogP contribution in [0.2, 0.25) is 5.02 Å². The first-order chi connectivity index (χ1) is 15.3. The lowest BCUT2D eigenvalue weighted by atomic mass is 9.92. The summed E-state index contributed by atoms with van der Waals surface area (Å²) in [6.45, 7) is 0. The van der Waals surface area contributed by atoms with E-state index in [4.69, 9.17) is 11.6 Å². The quantitative estimate of drug-likeness (QED) is 0.297. The van der Waals surface area contributed by atoms with Crippen LogP contribution in [-0.4, -0.2) is 18.7 Å². The summed E-state index contributed by atoms with van der Waals surface area (Å²) < 4.78 is 26.8. The lowest BCUT2D eigenvalue weighted by Crippen LogP contribution is -2.36. The number of fused-ring (bicyclic) bond motifs is 1. The third-order valence-electron chi connectivity index (χ3n) is 5.08. The highest BCUT2D eigenvalue weighted by Gasteiger charge is 2.32. The maximum absolute atomic E-state index is 13.8. The maximum atomic E-state index is 13.8. The van der Waals surface area contributed by atoms with Crippen molar-refractivity contribution in [2.45, 2.75) is 6.42 Å². The second kappa shape index (κ2) is 8.78. The fraction of sp³-hybridized carbons (Fsp3) is 0.0769. The number of likely N-dealkylation sites (N-methyl/N-ethyl adjacent to an activating group) is 1. The van der Waals surface area contributed by atoms with Crippen molar-refractivity contribution >= 4 is 35.1 Å². The minimum absolute atomic E-state index is 0.0419. The number of ketones is 1. The van der Waals surface area contributed by atoms with Crippen LogP contribution in [0.25, 0.3) is 6.08 Å². The van der Waals surface area contributed by atoms with Gasteiger partial charge in [0.2, 0.25) is 5.78 Å². The largest absolute Gasteiger partial charge is 0.311 e. The van der Waals surface area contributed by atoms with Gasteiger partial charge in [-0.25, -0.2) is 8.78 Å². The SMILES string of the molecule is CN1C(=O)C(=Cc2ccc(Cl)c(F)c2)C(=O)c2cc(C#CCc3ccc(F)cc3)ccc21. The zero-order chi connectivity index (χ0) is 22.8. The lowest BCUT2D eigenvalue weighted by Gasteiger charge is -2.26. The Morgan fingerprint density at radius 3 is 2.47 bits per heavy atom. The zero-order valence-electron chi connectivity index (χ0n) is 17.0. The smallest absolute Gasteiger partial charge is 0.262 e. The Hall–Kier alpha value is -3.75. The van der Waals surface area contributed by atoms with Crippen LogP contribution in [0, 0.1) is 23.5 Å². The van der Waals surface area contributed by atoms with Crippen molar-refractivity contribution in [1.82, 2.24) is 0 Å². The number of amides is 1. The first-order valence-electron chi connectivity index (χ1n) is 9.70. The van der Waals surface area contributed by atoms with Crippen LogP contribution in [0.1, 0.15) is 27.0 Å². The Morgan fingerprint density at radius 2 is 1.75 bits per heavy atom. The summed E-state index contributed by atoms with van der Waals surface area (Å²) in [4.78, 5) is 27.2. The van der Waals surface area contributed by atoms with Gasteiger partial charge in [0.05, 0.1) is 16.3 Å². The molecule has 0 spiro atoms. The molecule has 3 nitrogen and oxygen atoms in total. The van der Waals surface area contributed by atoms with Crippen molar-refractivity contribution in [3.05, 3.63) is 105 Å². The summed E-state index contributed by atoms with van der Waals surface area (Å²) in [5.74, 6) is 4.13. The number of hydrogen-bond acceptors (Lipinski definition) is 2. The molecule has 0 N–H and O–H groups in total. The topological polar surface area (TPSA) is 37.4 Å². The van der Waals surface area contributed by atoms with E-state index in [-0.39, 0.29) is 16.4 Å². The van der Waals surface area contributed by atoms with Gasteiger partial charge in [-0.05, 0) is 59.7 Å². The molecule has 0 aliphatic carbocycles. The molecule has 0 aromatic heterocycles. The summed E-state index contributed by atoms with van der Waals surface area (Å²) in [5, 5.41) is -0.0419. The van der Waals surface area contributed by atoms with E-state index < -0.39 is 17.5 Å². The molecule has 4 rings (SSSR count). The van der Waals surface area contributed by atoms with Crippen molar-refractivity contribution in [2.24, 2.45) is 0 Å². The number of benzene rings is 3. The first-order valence-corrected chi connectivity index (χ1v) is 10.1. The average molecular weight is 448 g/mol. The third kappa shape index (κ3) is 4.32. The summed E-state index contributed by atoms with van der Waals surface area (Å²) in [6, 6.07) is 15.2. The molecule has 1 aliphatic rings. The van der Waals surface area contributed by atoms with Crippen LogP contribution in [-0.2, 0) is 11.2 Å². The average Bonchev–Trinajstić information content (AvgIpc) is 2.79. The summed E-state index contributed by atoms with van der Waals surface area (Å²) in [7, 11) is 1.57. The van der Waals surface area contributed by atoms with Gasteiger partial charge in [0, 0.05) is 24.6 Å². The summed E-state index contributed by atoms with van der Waals surface area (Å²) in [6.07, 6.45) is 1.79. The summed E-state index contributed by atoms with van der Waals surface area (Å²) >= 11 is 5.71. The number of hydrogen-bond donors (Lipinski definition) is 0. The zero-order valence-corrected chi connectivity index (χ0v) is 17.7. The van der Waals surface area contributed by atoms with Crippen molar-refractivity contribution in [1.29, 1.82) is 0 Å². The van der Waals surface area contributed by atoms with Gasteiger partial charge in [0.25, 0.3) is 5.91 Å². The molecular formula is C26H16ClF2NO2. The number of anilines is 1. The Kier molecular flexibility index (Phi) is 5.89. The highest BCUT2D eigenvalue weighted by atomic mass is 35.5. The number of nitrogens with zero attached hydrogens (tertiary/aromatic N) is 1. The van der Waals surface area contributed by atoms with Crippen LogP contribution < -0.4 is 4.90 Å². The van der Waals surface area contributed by atoms with E-state index in [1.54, 1.807) is 37.4 Å². The predicted molar refractivity (Wildman–Crippen MR) is 121 cm³/mol. The van der Waals surface area contributed by atoms with Gasteiger partial charge >= 0.3 is 0 Å². The van der Waals surface area contributed by atoms with E-state index in [0.29, 0.717) is 28.8 Å². The monoisotopic (exact) mass is 447 g/mol. The Bertz CT molecular complexity index is 1330. The molecule has 3 aromatic rings. The van der Waals surface area contributed by atoms with Crippen molar-refractivity contribution in [3.8, 4) is 11.8 Å². The van der Waals surface area contributed by atoms with Gasteiger partial charge in [-0.2, -0.15) is 0 Å². The van der Waals surface area contributed by atoms with E-state index in [9.17, 15) is 18.4 Å². The number of carbonyl (C=O) groups is 2. The van der Waals surface area contributed by atoms with E-state index in [0.717, 1.165) is 5.56 Å². The Labute approximate surface area is 188 Å². The van der Waals surface area contributed by atoms with E-state index in [2.05, 4.69) is 11.8 Å². The Morgan fingerprint density at radius 1 is 1.00 bits per heavy atom. The predicted octanol–water partition coefficient (Wildman–Crippen LogP) is 5.46. The van der Waals surface area contributed by atoms with Gasteiger partial charge in [-0.15, -0.1) is 0 Å². The second-order valence-electron chi connectivity index (χ2n) is 7.26. The number of halogens is 3. The van der Waals surface area contributed by atoms with E-state index in [1.165, 1.54) is 41.3 Å². The maximum Gasteiger partial charge on any atom is 0.262 e. The number of rotatable bonds is 2. The molecule has 0 fully saturated rings. The standard InChI is InChI=1S/C26H16ClF2NO2/c1-30-24-12-8-17(4-2-3-16-5-9-19(28)10-6-16)13-20(24)25(31)21(26(30)32)14-18-7-11-22(27)23(29)15-18/h5-15H,3H2,1H3. The molecule has 0 radical (unpaired) electrons. The molecule has 6 heteroatoms. The fourth-order valence-electron chi connectivity index (χ4n) is 3.37. The van der Waals surface area contributed by atoms with Gasteiger partial charge in [-0.3, -0.25) is 9.59 Å². The van der Waals surface area contributed by atoms with Gasteiger partial charge in [0.15, 0.2) is 0 Å². The van der Waals surface area contributed by atoms with Crippen molar-refractivity contribution < 1.29 is 18.4 Å². The van der Waals surface area contributed by atoms with Crippen molar-refractivity contribution in [3.63, 3.8) is 0 Å². The normalized spacial score (nSPS) is 14.2. The summed E-state index contributed by atoms with van der Waals surface area (Å²) in [5.41, 5.74) is 2.58. The van der Waals surface area contributed by atoms with E-state index >= 15 is 0 Å². The fourth-order valence-corrected chi connectivity index (χ4v) is 3.48. The molecule has 1 aliphatic heterocycles. The van der Waals surface area contributed by atoms with Crippen LogP contribution in [0.3, 0.4) is 0 Å². The number of carbonyl (C=O) groups excluding carboxylic acids is 2. The molecule has 0 saturated heterocycles. The molecule has 1 heterocycles. The third-order valence-corrected chi connectivity index (χ3v) is 5.38. The molecule has 0 saturated carbocycles. The first kappa shape index (κ1) is 21.5. The van der Waals surface area contributed by atoms with Crippen LogP contribution in [0.4, 0.5) is 14.5 Å². The molecule has 3 aromatic carbocycles. The molecule has 0 bridgehead atoms. The van der Waals surface area contributed by atoms with Crippen molar-refractivity contribution in [2.75, 3.05) is 11.9 Å². The molecule has 32 heavy (non-hydrogen) atoms. The minimum atomic E-state index is -0.635. The number of Topliss-reactive ketones (excluding diaryl/α,β-unsaturated/α-hetero) is 1. The second-order valence-corrected chi connectivity index (χ2v) is 7.67. The van der Waals surface area contributed by atoms with Crippen LogP contribution in [0.5, 0.6) is 0 Å².